The number of nitrogens with two attached hydrogens (primary N) is 1. The third-order valence-corrected chi connectivity index (χ3v) is 3.16. The van der Waals surface area contributed by atoms with Gasteiger partial charge in [-0.2, -0.15) is 0 Å². The SMILES string of the molecule is CC1CCCC(OC(=O)C(N)C(C)C)C1. The van der Waals surface area contributed by atoms with Crippen molar-refractivity contribution in [3.63, 3.8) is 0 Å². The second-order valence-electron chi connectivity index (χ2n) is 5.10. The van der Waals surface area contributed by atoms with Crippen LogP contribution in [0, 0.1) is 11.8 Å². The normalized spacial score (nSPS) is 28.9. The molecule has 2 N–H and O–H groups in total. The van der Waals surface area contributed by atoms with Crippen LogP contribution in [0.5, 0.6) is 0 Å². The molecule has 0 saturated heterocycles. The molecule has 3 heteroatoms. The van der Waals surface area contributed by atoms with Crippen molar-refractivity contribution in [3.8, 4) is 0 Å². The molecule has 0 bridgehead atoms. The van der Waals surface area contributed by atoms with E-state index in [0.29, 0.717) is 5.92 Å². The Kier molecular flexibility index (Phi) is 4.58. The fraction of sp³-hybridized carbons (Fsp3) is 0.917. The molecule has 0 aromatic heterocycles. The zero-order valence-corrected chi connectivity index (χ0v) is 10.0. The van der Waals surface area contributed by atoms with Gasteiger partial charge in [0.1, 0.15) is 12.1 Å². The average molecular weight is 213 g/mol. The minimum absolute atomic E-state index is 0.103. The van der Waals surface area contributed by atoms with Gasteiger partial charge < -0.3 is 10.5 Å². The van der Waals surface area contributed by atoms with Crippen LogP contribution >= 0.6 is 0 Å². The smallest absolute Gasteiger partial charge is 0.323 e. The summed E-state index contributed by atoms with van der Waals surface area (Å²) in [6, 6.07) is -0.470. The lowest BCUT2D eigenvalue weighted by molar-refractivity contribution is -0.153. The lowest BCUT2D eigenvalue weighted by Crippen LogP contribution is -2.39. The molecule has 1 rings (SSSR count). The number of ether oxygens (including phenoxy) is 1. The Hall–Kier alpha value is -0.570. The maximum absolute atomic E-state index is 11.6. The fourth-order valence-electron chi connectivity index (χ4n) is 2.00. The molecule has 3 nitrogen and oxygen atoms in total. The Labute approximate surface area is 92.4 Å². The molecule has 1 saturated carbocycles. The van der Waals surface area contributed by atoms with E-state index in [4.69, 9.17) is 10.5 Å². The Balaban J connectivity index is 2.37. The average Bonchev–Trinajstić information content (AvgIpc) is 2.16. The lowest BCUT2D eigenvalue weighted by Gasteiger charge is -2.28. The Morgan fingerprint density at radius 2 is 2.07 bits per heavy atom. The number of rotatable bonds is 3. The maximum Gasteiger partial charge on any atom is 0.323 e. The summed E-state index contributed by atoms with van der Waals surface area (Å²) in [5.74, 6) is 0.592. The van der Waals surface area contributed by atoms with Crippen molar-refractivity contribution >= 4 is 5.97 Å². The third-order valence-electron chi connectivity index (χ3n) is 3.16. The topological polar surface area (TPSA) is 52.3 Å². The molecule has 0 radical (unpaired) electrons. The van der Waals surface area contributed by atoms with Crippen molar-refractivity contribution in [1.82, 2.24) is 0 Å². The van der Waals surface area contributed by atoms with Crippen LogP contribution < -0.4 is 5.73 Å². The molecule has 1 aliphatic rings. The Bertz CT molecular complexity index is 216. The Morgan fingerprint density at radius 1 is 1.40 bits per heavy atom. The third kappa shape index (κ3) is 3.82. The summed E-state index contributed by atoms with van der Waals surface area (Å²) in [4.78, 5) is 11.6. The number of carbonyl (C=O) groups is 1. The summed E-state index contributed by atoms with van der Waals surface area (Å²) < 4.78 is 5.42. The van der Waals surface area contributed by atoms with Crippen LogP contribution in [-0.2, 0) is 9.53 Å². The van der Waals surface area contributed by atoms with Crippen molar-refractivity contribution in [1.29, 1.82) is 0 Å². The molecule has 0 aliphatic heterocycles. The van der Waals surface area contributed by atoms with Crippen molar-refractivity contribution in [3.05, 3.63) is 0 Å². The highest BCUT2D eigenvalue weighted by Crippen LogP contribution is 2.26. The highest BCUT2D eigenvalue weighted by molar-refractivity contribution is 5.75. The molecular formula is C12H23NO2. The van der Waals surface area contributed by atoms with Crippen LogP contribution in [0.25, 0.3) is 0 Å². The van der Waals surface area contributed by atoms with E-state index in [9.17, 15) is 4.79 Å². The number of esters is 1. The molecular weight excluding hydrogens is 190 g/mol. The van der Waals surface area contributed by atoms with Gasteiger partial charge in [-0.1, -0.05) is 27.2 Å². The molecule has 15 heavy (non-hydrogen) atoms. The molecule has 1 aliphatic carbocycles. The minimum atomic E-state index is -0.470. The summed E-state index contributed by atoms with van der Waals surface area (Å²) in [5, 5.41) is 0. The molecule has 0 heterocycles. The van der Waals surface area contributed by atoms with E-state index in [1.165, 1.54) is 6.42 Å². The molecule has 0 aromatic carbocycles. The first-order valence-electron chi connectivity index (χ1n) is 5.96. The van der Waals surface area contributed by atoms with Gasteiger partial charge in [0.15, 0.2) is 0 Å². The largest absolute Gasteiger partial charge is 0.461 e. The lowest BCUT2D eigenvalue weighted by atomic mass is 9.88. The second-order valence-corrected chi connectivity index (χ2v) is 5.10. The summed E-state index contributed by atoms with van der Waals surface area (Å²) in [7, 11) is 0. The summed E-state index contributed by atoms with van der Waals surface area (Å²) in [6.45, 7) is 6.09. The molecule has 0 aromatic rings. The van der Waals surface area contributed by atoms with Crippen molar-refractivity contribution < 1.29 is 9.53 Å². The first-order chi connectivity index (χ1) is 7.00. The van der Waals surface area contributed by atoms with Gasteiger partial charge in [-0.15, -0.1) is 0 Å². The summed E-state index contributed by atoms with van der Waals surface area (Å²) >= 11 is 0. The van der Waals surface area contributed by atoms with E-state index < -0.39 is 6.04 Å². The van der Waals surface area contributed by atoms with Crippen LogP contribution in [0.1, 0.15) is 46.5 Å². The number of carbonyl (C=O) groups excluding carboxylic acids is 1. The van der Waals surface area contributed by atoms with Crippen LogP contribution in [0.15, 0.2) is 0 Å². The monoisotopic (exact) mass is 213 g/mol. The van der Waals surface area contributed by atoms with Crippen molar-refractivity contribution in [2.24, 2.45) is 17.6 Å². The quantitative estimate of drug-likeness (QED) is 0.730. The zero-order valence-electron chi connectivity index (χ0n) is 10.0. The minimum Gasteiger partial charge on any atom is -0.461 e. The van der Waals surface area contributed by atoms with Gasteiger partial charge in [0.05, 0.1) is 0 Å². The highest BCUT2D eigenvalue weighted by Gasteiger charge is 2.26. The van der Waals surface area contributed by atoms with E-state index in [1.54, 1.807) is 0 Å². The molecule has 3 unspecified atom stereocenters. The molecule has 1 fully saturated rings. The van der Waals surface area contributed by atoms with E-state index in [0.717, 1.165) is 19.3 Å². The van der Waals surface area contributed by atoms with Crippen LogP contribution in [-0.4, -0.2) is 18.1 Å². The number of hydrogen-bond acceptors (Lipinski definition) is 3. The summed E-state index contributed by atoms with van der Waals surface area (Å²) in [5.41, 5.74) is 5.74. The van der Waals surface area contributed by atoms with Gasteiger partial charge in [0.2, 0.25) is 0 Å². The predicted octanol–water partition coefficient (Wildman–Crippen LogP) is 2.09. The van der Waals surface area contributed by atoms with Crippen LogP contribution in [0.3, 0.4) is 0 Å². The molecule has 0 amide bonds. The molecule has 0 spiro atoms. The van der Waals surface area contributed by atoms with E-state index in [-0.39, 0.29) is 18.0 Å². The van der Waals surface area contributed by atoms with Crippen molar-refractivity contribution in [2.45, 2.75) is 58.6 Å². The van der Waals surface area contributed by atoms with Gasteiger partial charge in [-0.05, 0) is 31.1 Å². The predicted molar refractivity (Wildman–Crippen MR) is 60.3 cm³/mol. The summed E-state index contributed by atoms with van der Waals surface area (Å²) in [6.07, 6.45) is 4.52. The number of hydrogen-bond donors (Lipinski definition) is 1. The van der Waals surface area contributed by atoms with Gasteiger partial charge in [-0.3, -0.25) is 4.79 Å². The Morgan fingerprint density at radius 3 is 2.60 bits per heavy atom. The highest BCUT2D eigenvalue weighted by atomic mass is 16.5. The maximum atomic E-state index is 11.6. The van der Waals surface area contributed by atoms with Crippen molar-refractivity contribution in [2.75, 3.05) is 0 Å². The molecule has 3 atom stereocenters. The van der Waals surface area contributed by atoms with E-state index in [1.807, 2.05) is 13.8 Å². The van der Waals surface area contributed by atoms with E-state index in [2.05, 4.69) is 6.92 Å². The van der Waals surface area contributed by atoms with Gasteiger partial charge in [-0.25, -0.2) is 0 Å². The van der Waals surface area contributed by atoms with Crippen LogP contribution in [0.4, 0.5) is 0 Å². The second kappa shape index (κ2) is 5.50. The molecule has 88 valence electrons. The standard InChI is InChI=1S/C12H23NO2/c1-8(2)11(13)12(14)15-10-6-4-5-9(3)7-10/h8-11H,4-7,13H2,1-3H3. The van der Waals surface area contributed by atoms with Crippen LogP contribution in [0.2, 0.25) is 0 Å². The fourth-order valence-corrected chi connectivity index (χ4v) is 2.00. The van der Waals surface area contributed by atoms with Gasteiger partial charge >= 0.3 is 5.97 Å². The first-order valence-corrected chi connectivity index (χ1v) is 5.96. The van der Waals surface area contributed by atoms with Gasteiger partial charge in [0.25, 0.3) is 0 Å². The van der Waals surface area contributed by atoms with E-state index >= 15 is 0 Å². The zero-order chi connectivity index (χ0) is 11.4. The van der Waals surface area contributed by atoms with Gasteiger partial charge in [0, 0.05) is 0 Å². The first kappa shape index (κ1) is 12.5.